The van der Waals surface area contributed by atoms with Crippen LogP contribution in [0.25, 0.3) is 0 Å². The average Bonchev–Trinajstić information content (AvgIpc) is 2.36. The van der Waals surface area contributed by atoms with Crippen LogP contribution < -0.4 is 5.32 Å². The monoisotopic (exact) mass is 319 g/mol. The van der Waals surface area contributed by atoms with Crippen molar-refractivity contribution < 1.29 is 9.50 Å². The lowest BCUT2D eigenvalue weighted by Gasteiger charge is -2.11. The molecule has 0 aliphatic carbocycles. The van der Waals surface area contributed by atoms with Crippen molar-refractivity contribution in [3.8, 4) is 5.75 Å². The quantitative estimate of drug-likeness (QED) is 0.771. The number of rotatable bonds is 3. The number of nitrogens with one attached hydrogen (secondary N) is 1. The van der Waals surface area contributed by atoms with Gasteiger partial charge in [-0.05, 0) is 30.3 Å². The van der Waals surface area contributed by atoms with Gasteiger partial charge < -0.3 is 10.4 Å². The van der Waals surface area contributed by atoms with E-state index >= 15 is 0 Å². The fourth-order valence-electron chi connectivity index (χ4n) is 1.54. The summed E-state index contributed by atoms with van der Waals surface area (Å²) in [4.78, 5) is 0. The van der Waals surface area contributed by atoms with Crippen LogP contribution in [-0.2, 0) is 6.54 Å². The molecular weight excluding hydrogens is 312 g/mol. The van der Waals surface area contributed by atoms with Gasteiger partial charge in [0.25, 0.3) is 0 Å². The molecule has 19 heavy (non-hydrogen) atoms. The minimum Gasteiger partial charge on any atom is -0.508 e. The molecule has 0 radical (unpaired) electrons. The highest BCUT2D eigenvalue weighted by atomic mass is 35.5. The summed E-state index contributed by atoms with van der Waals surface area (Å²) < 4.78 is 13.1. The molecule has 0 amide bonds. The van der Waals surface area contributed by atoms with E-state index in [1.54, 1.807) is 6.07 Å². The lowest BCUT2D eigenvalue weighted by molar-refractivity contribution is 0.466. The summed E-state index contributed by atoms with van der Waals surface area (Å²) in [6, 6.07) is 6.81. The van der Waals surface area contributed by atoms with Crippen LogP contribution >= 0.6 is 34.8 Å². The Morgan fingerprint density at radius 3 is 2.42 bits per heavy atom. The third-order valence-corrected chi connectivity index (χ3v) is 3.56. The molecule has 2 rings (SSSR count). The molecule has 0 bridgehead atoms. The van der Waals surface area contributed by atoms with Gasteiger partial charge in [0.2, 0.25) is 0 Å². The van der Waals surface area contributed by atoms with Crippen molar-refractivity contribution in [3.63, 3.8) is 0 Å². The lowest BCUT2D eigenvalue weighted by atomic mass is 10.2. The normalized spacial score (nSPS) is 10.5. The summed E-state index contributed by atoms with van der Waals surface area (Å²) >= 11 is 17.7. The maximum atomic E-state index is 13.1. The van der Waals surface area contributed by atoms with Crippen LogP contribution in [-0.4, -0.2) is 5.11 Å². The van der Waals surface area contributed by atoms with Gasteiger partial charge in [-0.1, -0.05) is 34.8 Å². The molecule has 100 valence electrons. The average molecular weight is 321 g/mol. The number of hydrogen-bond donors (Lipinski definition) is 2. The molecule has 2 aromatic carbocycles. The Kier molecular flexibility index (Phi) is 4.40. The standard InChI is InChI=1S/C13H9Cl3FNO/c14-9-4-11(16)12(5-10(9)15)18-6-7-3-8(17)1-2-13(7)19/h1-5,18-19H,6H2. The minimum atomic E-state index is -0.421. The number of phenolic OH excluding ortho intramolecular Hbond substituents is 1. The van der Waals surface area contributed by atoms with Crippen LogP contribution in [0.5, 0.6) is 5.75 Å². The van der Waals surface area contributed by atoms with Crippen molar-refractivity contribution in [1.29, 1.82) is 0 Å². The van der Waals surface area contributed by atoms with Gasteiger partial charge in [0.1, 0.15) is 11.6 Å². The predicted octanol–water partition coefficient (Wildman–Crippen LogP) is 5.10. The Labute approximate surface area is 124 Å². The third-order valence-electron chi connectivity index (χ3n) is 2.52. The molecule has 0 saturated heterocycles. The number of phenols is 1. The molecule has 0 fully saturated rings. The van der Waals surface area contributed by atoms with E-state index in [0.29, 0.717) is 26.3 Å². The first-order valence-corrected chi connectivity index (χ1v) is 6.46. The Balaban J connectivity index is 2.19. The lowest BCUT2D eigenvalue weighted by Crippen LogP contribution is -2.01. The van der Waals surface area contributed by atoms with Crippen molar-refractivity contribution in [2.75, 3.05) is 5.32 Å². The number of anilines is 1. The molecule has 0 aliphatic heterocycles. The summed E-state index contributed by atoms with van der Waals surface area (Å²) in [5.41, 5.74) is 0.974. The van der Waals surface area contributed by atoms with Crippen LogP contribution in [0.1, 0.15) is 5.56 Å². The Bertz CT molecular complexity index is 619. The van der Waals surface area contributed by atoms with Crippen LogP contribution in [0, 0.1) is 5.82 Å². The van der Waals surface area contributed by atoms with Crippen molar-refractivity contribution in [1.82, 2.24) is 0 Å². The van der Waals surface area contributed by atoms with Crippen LogP contribution in [0.15, 0.2) is 30.3 Å². The van der Waals surface area contributed by atoms with E-state index in [0.717, 1.165) is 0 Å². The molecule has 2 N–H and O–H groups in total. The highest BCUT2D eigenvalue weighted by Gasteiger charge is 2.07. The molecule has 0 heterocycles. The maximum Gasteiger partial charge on any atom is 0.123 e. The number of aromatic hydroxyl groups is 1. The molecule has 2 nitrogen and oxygen atoms in total. The topological polar surface area (TPSA) is 32.3 Å². The zero-order chi connectivity index (χ0) is 14.0. The van der Waals surface area contributed by atoms with Gasteiger partial charge in [-0.25, -0.2) is 4.39 Å². The second-order valence-electron chi connectivity index (χ2n) is 3.87. The van der Waals surface area contributed by atoms with Gasteiger partial charge in [-0.3, -0.25) is 0 Å². The largest absolute Gasteiger partial charge is 0.508 e. The van der Waals surface area contributed by atoms with E-state index in [-0.39, 0.29) is 12.3 Å². The van der Waals surface area contributed by atoms with Crippen LogP contribution in [0.4, 0.5) is 10.1 Å². The van der Waals surface area contributed by atoms with Crippen molar-refractivity contribution in [2.45, 2.75) is 6.54 Å². The molecule has 0 aliphatic rings. The molecule has 6 heteroatoms. The third kappa shape index (κ3) is 3.44. The predicted molar refractivity (Wildman–Crippen MR) is 76.9 cm³/mol. The van der Waals surface area contributed by atoms with E-state index in [1.807, 2.05) is 0 Å². The number of benzene rings is 2. The molecule has 0 saturated carbocycles. The van der Waals surface area contributed by atoms with Gasteiger partial charge in [-0.15, -0.1) is 0 Å². The minimum absolute atomic E-state index is 0.00471. The second kappa shape index (κ2) is 5.87. The highest BCUT2D eigenvalue weighted by molar-refractivity contribution is 6.44. The van der Waals surface area contributed by atoms with Crippen LogP contribution in [0.3, 0.4) is 0 Å². The zero-order valence-electron chi connectivity index (χ0n) is 9.55. The van der Waals surface area contributed by atoms with E-state index in [1.165, 1.54) is 24.3 Å². The van der Waals surface area contributed by atoms with E-state index in [4.69, 9.17) is 34.8 Å². The van der Waals surface area contributed by atoms with Crippen molar-refractivity contribution in [2.24, 2.45) is 0 Å². The first kappa shape index (κ1) is 14.3. The first-order chi connectivity index (χ1) is 8.97. The van der Waals surface area contributed by atoms with Gasteiger partial charge in [0.05, 0.1) is 20.8 Å². The fourth-order valence-corrected chi connectivity index (χ4v) is 2.16. The molecule has 0 spiro atoms. The fraction of sp³-hybridized carbons (Fsp3) is 0.0769. The van der Waals surface area contributed by atoms with Gasteiger partial charge >= 0.3 is 0 Å². The Morgan fingerprint density at radius 1 is 1.00 bits per heavy atom. The van der Waals surface area contributed by atoms with Gasteiger partial charge in [0.15, 0.2) is 0 Å². The summed E-state index contributed by atoms with van der Waals surface area (Å²) in [5, 5.41) is 13.7. The molecule has 0 atom stereocenters. The van der Waals surface area contributed by atoms with E-state index < -0.39 is 5.82 Å². The van der Waals surface area contributed by atoms with Gasteiger partial charge in [-0.2, -0.15) is 0 Å². The van der Waals surface area contributed by atoms with Crippen molar-refractivity contribution in [3.05, 3.63) is 56.8 Å². The highest BCUT2D eigenvalue weighted by Crippen LogP contribution is 2.32. The van der Waals surface area contributed by atoms with Crippen LogP contribution in [0.2, 0.25) is 15.1 Å². The Morgan fingerprint density at radius 2 is 1.68 bits per heavy atom. The van der Waals surface area contributed by atoms with E-state index in [9.17, 15) is 9.50 Å². The molecule has 2 aromatic rings. The summed E-state index contributed by atoms with van der Waals surface area (Å²) in [6.45, 7) is 0.210. The smallest absolute Gasteiger partial charge is 0.123 e. The molecular formula is C13H9Cl3FNO. The SMILES string of the molecule is Oc1ccc(F)cc1CNc1cc(Cl)c(Cl)cc1Cl. The summed E-state index contributed by atoms with van der Waals surface area (Å²) in [5.74, 6) is -0.417. The van der Waals surface area contributed by atoms with Gasteiger partial charge in [0, 0.05) is 12.1 Å². The summed E-state index contributed by atoms with van der Waals surface area (Å²) in [6.07, 6.45) is 0. The Hall–Kier alpha value is -1.16. The maximum absolute atomic E-state index is 13.1. The number of hydrogen-bond acceptors (Lipinski definition) is 2. The first-order valence-electron chi connectivity index (χ1n) is 5.33. The summed E-state index contributed by atoms with van der Waals surface area (Å²) in [7, 11) is 0. The zero-order valence-corrected chi connectivity index (χ0v) is 11.8. The number of halogens is 4. The molecule has 0 unspecified atom stereocenters. The van der Waals surface area contributed by atoms with E-state index in [2.05, 4.69) is 5.32 Å². The molecule has 0 aromatic heterocycles. The second-order valence-corrected chi connectivity index (χ2v) is 5.09. The van der Waals surface area contributed by atoms with Crippen molar-refractivity contribution >= 4 is 40.5 Å².